The molecule has 0 saturated heterocycles. The second kappa shape index (κ2) is 7.04. The molecule has 0 atom stereocenters. The highest BCUT2D eigenvalue weighted by molar-refractivity contribution is 5.93. The van der Waals surface area contributed by atoms with Crippen LogP contribution in [0.3, 0.4) is 0 Å². The fourth-order valence-corrected chi connectivity index (χ4v) is 1.08. The molecule has 0 bridgehead atoms. The summed E-state index contributed by atoms with van der Waals surface area (Å²) < 4.78 is 5.21. The van der Waals surface area contributed by atoms with Gasteiger partial charge in [0.25, 0.3) is 0 Å². The summed E-state index contributed by atoms with van der Waals surface area (Å²) in [6.07, 6.45) is 1.47. The Hall–Kier alpha value is -1.39. The van der Waals surface area contributed by atoms with E-state index in [-0.39, 0.29) is 30.6 Å². The number of imide groups is 1. The van der Waals surface area contributed by atoms with E-state index in [1.807, 2.05) is 20.8 Å². The summed E-state index contributed by atoms with van der Waals surface area (Å²) in [7, 11) is 0. The van der Waals surface area contributed by atoms with Crippen LogP contribution in [0.25, 0.3) is 0 Å². The first kappa shape index (κ1) is 15.6. The topological polar surface area (TPSA) is 72.5 Å². The summed E-state index contributed by atoms with van der Waals surface area (Å²) >= 11 is 0. The third-order valence-corrected chi connectivity index (χ3v) is 2.34. The van der Waals surface area contributed by atoms with Gasteiger partial charge < -0.3 is 4.74 Å². The van der Waals surface area contributed by atoms with Crippen molar-refractivity contribution in [2.45, 2.75) is 59.0 Å². The molecule has 0 aromatic heterocycles. The van der Waals surface area contributed by atoms with E-state index in [0.717, 1.165) is 6.42 Å². The monoisotopic (exact) mass is 243 g/mol. The van der Waals surface area contributed by atoms with Gasteiger partial charge >= 0.3 is 5.97 Å². The van der Waals surface area contributed by atoms with Crippen LogP contribution in [-0.4, -0.2) is 23.4 Å². The van der Waals surface area contributed by atoms with Crippen LogP contribution < -0.4 is 5.32 Å². The highest BCUT2D eigenvalue weighted by Crippen LogP contribution is 2.15. The van der Waals surface area contributed by atoms with Gasteiger partial charge in [-0.15, -0.1) is 0 Å². The molecule has 0 radical (unpaired) electrons. The number of carbonyl (C=O) groups excluding carboxylic acids is 3. The van der Waals surface area contributed by atoms with Crippen LogP contribution in [0, 0.1) is 0 Å². The Labute approximate surface area is 102 Å². The molecule has 17 heavy (non-hydrogen) atoms. The van der Waals surface area contributed by atoms with Gasteiger partial charge in [0.05, 0.1) is 0 Å². The van der Waals surface area contributed by atoms with Crippen LogP contribution in [0.1, 0.15) is 53.4 Å². The molecule has 0 rings (SSSR count). The smallest absolute Gasteiger partial charge is 0.306 e. The lowest BCUT2D eigenvalue weighted by Crippen LogP contribution is -2.29. The van der Waals surface area contributed by atoms with Crippen molar-refractivity contribution < 1.29 is 19.1 Å². The fraction of sp³-hybridized carbons (Fsp3) is 0.750. The van der Waals surface area contributed by atoms with Gasteiger partial charge in [0, 0.05) is 19.8 Å². The van der Waals surface area contributed by atoms with E-state index in [1.165, 1.54) is 6.92 Å². The Morgan fingerprint density at radius 3 is 2.24 bits per heavy atom. The van der Waals surface area contributed by atoms with Crippen molar-refractivity contribution in [1.82, 2.24) is 5.32 Å². The number of carbonyl (C=O) groups is 3. The predicted molar refractivity (Wildman–Crippen MR) is 63.1 cm³/mol. The van der Waals surface area contributed by atoms with Crippen molar-refractivity contribution in [3.05, 3.63) is 0 Å². The zero-order valence-corrected chi connectivity index (χ0v) is 11.0. The van der Waals surface area contributed by atoms with E-state index in [9.17, 15) is 14.4 Å². The first-order chi connectivity index (χ1) is 7.76. The van der Waals surface area contributed by atoms with E-state index in [2.05, 4.69) is 5.32 Å². The van der Waals surface area contributed by atoms with Crippen LogP contribution in [0.4, 0.5) is 0 Å². The van der Waals surface area contributed by atoms with Crippen LogP contribution in [0.2, 0.25) is 0 Å². The minimum absolute atomic E-state index is 0.154. The normalized spacial score (nSPS) is 10.8. The molecule has 0 saturated carbocycles. The Bertz CT molecular complexity index is 297. The molecule has 0 spiro atoms. The summed E-state index contributed by atoms with van der Waals surface area (Å²) in [4.78, 5) is 33.0. The number of rotatable bonds is 6. The van der Waals surface area contributed by atoms with Crippen molar-refractivity contribution >= 4 is 17.8 Å². The van der Waals surface area contributed by atoms with Gasteiger partial charge in [-0.05, 0) is 26.7 Å². The lowest BCUT2D eigenvalue weighted by atomic mass is 10.1. The zero-order valence-electron chi connectivity index (χ0n) is 11.0. The van der Waals surface area contributed by atoms with E-state index in [4.69, 9.17) is 4.74 Å². The van der Waals surface area contributed by atoms with E-state index in [1.54, 1.807) is 0 Å². The second-order valence-electron chi connectivity index (χ2n) is 4.55. The van der Waals surface area contributed by atoms with Crippen molar-refractivity contribution in [1.29, 1.82) is 0 Å². The molecule has 5 heteroatoms. The van der Waals surface area contributed by atoms with Crippen molar-refractivity contribution in [3.8, 4) is 0 Å². The highest BCUT2D eigenvalue weighted by Gasteiger charge is 2.20. The van der Waals surface area contributed by atoms with Gasteiger partial charge in [-0.2, -0.15) is 0 Å². The first-order valence-electron chi connectivity index (χ1n) is 5.79. The van der Waals surface area contributed by atoms with Gasteiger partial charge in [-0.25, -0.2) is 0 Å². The summed E-state index contributed by atoms with van der Waals surface area (Å²) in [6.45, 7) is 6.89. The molecule has 5 nitrogen and oxygen atoms in total. The fourth-order valence-electron chi connectivity index (χ4n) is 1.08. The Balaban J connectivity index is 3.79. The standard InChI is InChI=1S/C12H21NO4/c1-5-12(3,4)17-11(16)8-6-7-10(15)13-9(2)14/h5-8H2,1-4H3,(H,13,14,15). The number of hydrogen-bond acceptors (Lipinski definition) is 4. The van der Waals surface area contributed by atoms with E-state index < -0.39 is 5.60 Å². The van der Waals surface area contributed by atoms with Crippen LogP contribution >= 0.6 is 0 Å². The van der Waals surface area contributed by atoms with Crippen LogP contribution in [-0.2, 0) is 19.1 Å². The minimum atomic E-state index is -0.460. The SMILES string of the molecule is CCC(C)(C)OC(=O)CCCC(=O)NC(C)=O. The molecule has 0 aliphatic carbocycles. The number of amides is 2. The van der Waals surface area contributed by atoms with Gasteiger partial charge in [0.15, 0.2) is 0 Å². The lowest BCUT2D eigenvalue weighted by Gasteiger charge is -2.23. The summed E-state index contributed by atoms with van der Waals surface area (Å²) in [5.41, 5.74) is -0.460. The number of nitrogens with one attached hydrogen (secondary N) is 1. The van der Waals surface area contributed by atoms with Crippen molar-refractivity contribution in [2.24, 2.45) is 0 Å². The molecular weight excluding hydrogens is 222 g/mol. The largest absolute Gasteiger partial charge is 0.460 e. The minimum Gasteiger partial charge on any atom is -0.460 e. The maximum Gasteiger partial charge on any atom is 0.306 e. The summed E-state index contributed by atoms with van der Waals surface area (Å²) in [6, 6.07) is 0. The Kier molecular flexibility index (Phi) is 6.46. The molecule has 0 aliphatic rings. The van der Waals surface area contributed by atoms with E-state index in [0.29, 0.717) is 6.42 Å². The van der Waals surface area contributed by atoms with Gasteiger partial charge in [0.1, 0.15) is 5.60 Å². The second-order valence-corrected chi connectivity index (χ2v) is 4.55. The molecule has 0 unspecified atom stereocenters. The summed E-state index contributed by atoms with van der Waals surface area (Å²) in [5, 5.41) is 2.15. The molecule has 0 aromatic carbocycles. The Morgan fingerprint density at radius 2 is 1.76 bits per heavy atom. The Morgan fingerprint density at radius 1 is 1.18 bits per heavy atom. The van der Waals surface area contributed by atoms with Gasteiger partial charge in [0.2, 0.25) is 11.8 Å². The number of ether oxygens (including phenoxy) is 1. The number of esters is 1. The average Bonchev–Trinajstić information content (AvgIpc) is 2.15. The van der Waals surface area contributed by atoms with Crippen molar-refractivity contribution in [3.63, 3.8) is 0 Å². The first-order valence-corrected chi connectivity index (χ1v) is 5.79. The van der Waals surface area contributed by atoms with Crippen molar-refractivity contribution in [2.75, 3.05) is 0 Å². The molecule has 0 aromatic rings. The molecule has 98 valence electrons. The highest BCUT2D eigenvalue weighted by atomic mass is 16.6. The molecule has 1 N–H and O–H groups in total. The average molecular weight is 243 g/mol. The van der Waals surface area contributed by atoms with Crippen LogP contribution in [0.5, 0.6) is 0 Å². The molecular formula is C12H21NO4. The summed E-state index contributed by atoms with van der Waals surface area (Å²) in [5.74, 6) is -1.06. The third kappa shape index (κ3) is 8.42. The van der Waals surface area contributed by atoms with Gasteiger partial charge in [-0.1, -0.05) is 6.92 Å². The number of hydrogen-bond donors (Lipinski definition) is 1. The third-order valence-electron chi connectivity index (χ3n) is 2.34. The van der Waals surface area contributed by atoms with E-state index >= 15 is 0 Å². The van der Waals surface area contributed by atoms with Crippen LogP contribution in [0.15, 0.2) is 0 Å². The molecule has 0 heterocycles. The lowest BCUT2D eigenvalue weighted by molar-refractivity contribution is -0.156. The molecule has 0 aliphatic heterocycles. The predicted octanol–water partition coefficient (Wildman–Crippen LogP) is 1.55. The maximum atomic E-state index is 11.4. The zero-order chi connectivity index (χ0) is 13.5. The molecule has 0 fully saturated rings. The molecule has 2 amide bonds. The maximum absolute atomic E-state index is 11.4. The van der Waals surface area contributed by atoms with Gasteiger partial charge in [-0.3, -0.25) is 19.7 Å². The quantitative estimate of drug-likeness (QED) is 0.718.